The minimum atomic E-state index is 0.0507. The van der Waals surface area contributed by atoms with Crippen LogP contribution in [0.2, 0.25) is 0 Å². The third-order valence-corrected chi connectivity index (χ3v) is 4.33. The van der Waals surface area contributed by atoms with Crippen LogP contribution in [0, 0.1) is 27.7 Å². The number of carbonyl (C=O) groups excluding carboxylic acids is 1. The number of rotatable bonds is 5. The van der Waals surface area contributed by atoms with Crippen molar-refractivity contribution in [1.82, 2.24) is 9.97 Å². The van der Waals surface area contributed by atoms with Gasteiger partial charge >= 0.3 is 0 Å². The fraction of sp³-hybridized carbons (Fsp3) is 0.227. The Morgan fingerprint density at radius 2 is 1.37 bits per heavy atom. The topological polar surface area (TPSA) is 66.9 Å². The lowest BCUT2D eigenvalue weighted by Crippen LogP contribution is -2.03. The summed E-state index contributed by atoms with van der Waals surface area (Å²) >= 11 is 0. The Morgan fingerprint density at radius 1 is 0.815 bits per heavy atom. The Hall–Kier alpha value is -3.21. The molecular formula is C22H24N4O. The SMILES string of the molecule is CC(=O)c1ccc(Nc2cc(Nc3c(C)cc(C)cc3C)nc(C)n2)cc1. The van der Waals surface area contributed by atoms with Crippen molar-refractivity contribution in [2.75, 3.05) is 10.6 Å². The summed E-state index contributed by atoms with van der Waals surface area (Å²) in [7, 11) is 0. The molecule has 0 radical (unpaired) electrons. The molecule has 5 heteroatoms. The number of Topliss-reactive ketones (excluding diaryl/α,β-unsaturated/α-hetero) is 1. The molecule has 138 valence electrons. The first-order chi connectivity index (χ1) is 12.8. The highest BCUT2D eigenvalue weighted by Gasteiger charge is 2.08. The number of anilines is 4. The summed E-state index contributed by atoms with van der Waals surface area (Å²) in [4.78, 5) is 20.4. The summed E-state index contributed by atoms with van der Waals surface area (Å²) in [5.41, 5.74) is 6.22. The van der Waals surface area contributed by atoms with E-state index in [-0.39, 0.29) is 5.78 Å². The normalized spacial score (nSPS) is 10.6. The molecule has 3 aromatic rings. The van der Waals surface area contributed by atoms with Crippen molar-refractivity contribution in [1.29, 1.82) is 0 Å². The zero-order valence-electron chi connectivity index (χ0n) is 16.3. The van der Waals surface area contributed by atoms with Gasteiger partial charge in [0.25, 0.3) is 0 Å². The molecule has 0 unspecified atom stereocenters. The van der Waals surface area contributed by atoms with Crippen molar-refractivity contribution in [3.63, 3.8) is 0 Å². The monoisotopic (exact) mass is 360 g/mol. The molecule has 0 amide bonds. The average Bonchev–Trinajstić information content (AvgIpc) is 2.58. The summed E-state index contributed by atoms with van der Waals surface area (Å²) in [6.45, 7) is 9.70. The van der Waals surface area contributed by atoms with Crippen molar-refractivity contribution in [2.24, 2.45) is 0 Å². The molecule has 1 heterocycles. The first-order valence-electron chi connectivity index (χ1n) is 8.90. The van der Waals surface area contributed by atoms with Crippen molar-refractivity contribution < 1.29 is 4.79 Å². The Bertz CT molecular complexity index is 971. The Kier molecular flexibility index (Phi) is 5.21. The fourth-order valence-electron chi connectivity index (χ4n) is 3.14. The predicted molar refractivity (Wildman–Crippen MR) is 110 cm³/mol. The molecule has 0 aliphatic carbocycles. The lowest BCUT2D eigenvalue weighted by atomic mass is 10.1. The van der Waals surface area contributed by atoms with Gasteiger partial charge in [0.05, 0.1) is 0 Å². The summed E-state index contributed by atoms with van der Waals surface area (Å²) in [5.74, 6) is 2.16. The maximum atomic E-state index is 11.4. The third-order valence-electron chi connectivity index (χ3n) is 4.33. The van der Waals surface area contributed by atoms with Crippen LogP contribution in [-0.2, 0) is 0 Å². The third kappa shape index (κ3) is 4.50. The van der Waals surface area contributed by atoms with Crippen molar-refractivity contribution in [3.8, 4) is 0 Å². The first kappa shape index (κ1) is 18.6. The van der Waals surface area contributed by atoms with Crippen LogP contribution in [0.3, 0.4) is 0 Å². The second kappa shape index (κ2) is 7.58. The molecule has 27 heavy (non-hydrogen) atoms. The van der Waals surface area contributed by atoms with Gasteiger partial charge in [-0.3, -0.25) is 4.79 Å². The number of benzene rings is 2. The summed E-state index contributed by atoms with van der Waals surface area (Å²) in [6, 6.07) is 13.5. The van der Waals surface area contributed by atoms with Crippen LogP contribution in [0.1, 0.15) is 39.8 Å². The van der Waals surface area contributed by atoms with Crippen LogP contribution in [0.15, 0.2) is 42.5 Å². The lowest BCUT2D eigenvalue weighted by Gasteiger charge is -2.15. The van der Waals surface area contributed by atoms with Gasteiger partial charge in [-0.05, 0) is 70.0 Å². The van der Waals surface area contributed by atoms with E-state index >= 15 is 0 Å². The molecule has 0 bridgehead atoms. The summed E-state index contributed by atoms with van der Waals surface area (Å²) in [5, 5.41) is 6.70. The van der Waals surface area contributed by atoms with E-state index in [4.69, 9.17) is 0 Å². The number of carbonyl (C=O) groups is 1. The molecule has 2 N–H and O–H groups in total. The van der Waals surface area contributed by atoms with E-state index in [0.29, 0.717) is 17.2 Å². The van der Waals surface area contributed by atoms with Crippen molar-refractivity contribution in [3.05, 3.63) is 70.5 Å². The van der Waals surface area contributed by atoms with Gasteiger partial charge in [0.15, 0.2) is 5.78 Å². The van der Waals surface area contributed by atoms with E-state index in [1.807, 2.05) is 25.1 Å². The van der Waals surface area contributed by atoms with Crippen molar-refractivity contribution >= 4 is 28.8 Å². The Balaban J connectivity index is 1.85. The molecule has 0 spiro atoms. The fourth-order valence-corrected chi connectivity index (χ4v) is 3.14. The van der Waals surface area contributed by atoms with Gasteiger partial charge in [0.1, 0.15) is 17.5 Å². The minimum Gasteiger partial charge on any atom is -0.340 e. The highest BCUT2D eigenvalue weighted by molar-refractivity contribution is 5.94. The van der Waals surface area contributed by atoms with E-state index in [0.717, 1.165) is 17.2 Å². The highest BCUT2D eigenvalue weighted by Crippen LogP contribution is 2.26. The standard InChI is InChI=1S/C22H24N4O/c1-13-10-14(2)22(15(3)11-13)26-21-12-20(23-17(5)24-21)25-19-8-6-18(7-9-19)16(4)27/h6-12H,1-5H3,(H2,23,24,25,26). The molecule has 0 saturated heterocycles. The summed E-state index contributed by atoms with van der Waals surface area (Å²) < 4.78 is 0. The predicted octanol–water partition coefficient (Wildman–Crippen LogP) is 5.40. The highest BCUT2D eigenvalue weighted by atomic mass is 16.1. The van der Waals surface area contributed by atoms with Gasteiger partial charge in [-0.1, -0.05) is 17.7 Å². The van der Waals surface area contributed by atoms with Gasteiger partial charge in [-0.25, -0.2) is 9.97 Å². The molecule has 2 aromatic carbocycles. The van der Waals surface area contributed by atoms with E-state index in [1.165, 1.54) is 16.7 Å². The number of nitrogens with one attached hydrogen (secondary N) is 2. The van der Waals surface area contributed by atoms with Crippen LogP contribution in [-0.4, -0.2) is 15.8 Å². The van der Waals surface area contributed by atoms with E-state index in [9.17, 15) is 4.79 Å². The molecule has 0 aliphatic heterocycles. The van der Waals surface area contributed by atoms with Crippen LogP contribution in [0.5, 0.6) is 0 Å². The van der Waals surface area contributed by atoms with E-state index in [2.05, 4.69) is 53.5 Å². The molecule has 0 saturated carbocycles. The van der Waals surface area contributed by atoms with Crippen LogP contribution < -0.4 is 10.6 Å². The van der Waals surface area contributed by atoms with E-state index in [1.54, 1.807) is 19.1 Å². The molecule has 0 aliphatic rings. The van der Waals surface area contributed by atoms with Gasteiger partial charge in [-0.15, -0.1) is 0 Å². The molecule has 3 rings (SSSR count). The first-order valence-corrected chi connectivity index (χ1v) is 8.90. The second-order valence-corrected chi connectivity index (χ2v) is 6.84. The summed E-state index contributed by atoms with van der Waals surface area (Å²) in [6.07, 6.45) is 0. The number of nitrogens with zero attached hydrogens (tertiary/aromatic N) is 2. The van der Waals surface area contributed by atoms with E-state index < -0.39 is 0 Å². The van der Waals surface area contributed by atoms with Gasteiger partial charge in [-0.2, -0.15) is 0 Å². The minimum absolute atomic E-state index is 0.0507. The molecule has 0 fully saturated rings. The molecular weight excluding hydrogens is 336 g/mol. The van der Waals surface area contributed by atoms with Gasteiger partial charge < -0.3 is 10.6 Å². The zero-order valence-corrected chi connectivity index (χ0v) is 16.3. The lowest BCUT2D eigenvalue weighted by molar-refractivity contribution is 0.101. The van der Waals surface area contributed by atoms with Gasteiger partial charge in [0.2, 0.25) is 0 Å². The number of ketones is 1. The second-order valence-electron chi connectivity index (χ2n) is 6.84. The number of hydrogen-bond donors (Lipinski definition) is 2. The Labute approximate surface area is 159 Å². The number of hydrogen-bond acceptors (Lipinski definition) is 5. The Morgan fingerprint density at radius 3 is 1.93 bits per heavy atom. The number of aromatic nitrogens is 2. The average molecular weight is 360 g/mol. The van der Waals surface area contributed by atoms with Crippen molar-refractivity contribution in [2.45, 2.75) is 34.6 Å². The van der Waals surface area contributed by atoms with Crippen LogP contribution in [0.4, 0.5) is 23.0 Å². The maximum Gasteiger partial charge on any atom is 0.159 e. The molecule has 1 aromatic heterocycles. The molecule has 5 nitrogen and oxygen atoms in total. The van der Waals surface area contributed by atoms with Crippen LogP contribution >= 0.6 is 0 Å². The maximum absolute atomic E-state index is 11.4. The zero-order chi connectivity index (χ0) is 19.6. The largest absolute Gasteiger partial charge is 0.340 e. The smallest absolute Gasteiger partial charge is 0.159 e. The number of aryl methyl sites for hydroxylation is 4. The molecule has 0 atom stereocenters. The van der Waals surface area contributed by atoms with Gasteiger partial charge in [0, 0.05) is 23.0 Å². The van der Waals surface area contributed by atoms with Crippen LogP contribution in [0.25, 0.3) is 0 Å². The quantitative estimate of drug-likeness (QED) is 0.596.